The van der Waals surface area contributed by atoms with Crippen LogP contribution in [0.25, 0.3) is 21.3 Å². The number of amides is 3. The van der Waals surface area contributed by atoms with E-state index in [0.29, 0.717) is 15.4 Å². The number of aromatic nitrogens is 2. The first-order valence-electron chi connectivity index (χ1n) is 10.1. The summed E-state index contributed by atoms with van der Waals surface area (Å²) in [7, 11) is 0. The molecule has 0 saturated heterocycles. The van der Waals surface area contributed by atoms with Crippen molar-refractivity contribution in [2.75, 3.05) is 0 Å². The van der Waals surface area contributed by atoms with Crippen molar-refractivity contribution in [3.8, 4) is 11.1 Å². The third-order valence-electron chi connectivity index (χ3n) is 4.43. The van der Waals surface area contributed by atoms with E-state index in [4.69, 9.17) is 0 Å². The maximum atomic E-state index is 13.4. The summed E-state index contributed by atoms with van der Waals surface area (Å²) < 4.78 is 1.51. The zero-order chi connectivity index (χ0) is 23.5. The van der Waals surface area contributed by atoms with Crippen LogP contribution in [0.5, 0.6) is 0 Å². The molecule has 1 atom stereocenters. The molecule has 1 aromatic carbocycles. The number of thiophene rings is 1. The van der Waals surface area contributed by atoms with E-state index in [0.717, 1.165) is 22.9 Å². The number of hydrogen-bond donors (Lipinski definition) is 2. The minimum Gasteiger partial charge on any atom is -0.333 e. The molecule has 2 N–H and O–H groups in total. The lowest BCUT2D eigenvalue weighted by Crippen LogP contribution is -2.49. The summed E-state index contributed by atoms with van der Waals surface area (Å²) >= 11 is 2.52. The molecule has 0 aliphatic rings. The molecule has 0 radical (unpaired) electrons. The number of nitrogens with zero attached hydrogens (tertiary/aromatic N) is 2. The van der Waals surface area contributed by atoms with Crippen molar-refractivity contribution >= 4 is 45.3 Å². The SMILES string of the molecule is C=CCn1c(SC(C)C(=O)NC(=O)NC(C)(C)C)nc2scc(-c3ccccc3)c2c1=O. The molecular weight excluding hydrogens is 444 g/mol. The highest BCUT2D eigenvalue weighted by atomic mass is 32.2. The Hall–Kier alpha value is -2.91. The van der Waals surface area contributed by atoms with E-state index in [1.165, 1.54) is 15.9 Å². The molecule has 0 spiro atoms. The van der Waals surface area contributed by atoms with Gasteiger partial charge in [-0.25, -0.2) is 9.78 Å². The average Bonchev–Trinajstić information content (AvgIpc) is 3.14. The second kappa shape index (κ2) is 9.70. The molecule has 1 unspecified atom stereocenters. The molecule has 32 heavy (non-hydrogen) atoms. The van der Waals surface area contributed by atoms with Gasteiger partial charge in [0, 0.05) is 23.0 Å². The third-order valence-corrected chi connectivity index (χ3v) is 6.39. The van der Waals surface area contributed by atoms with E-state index in [-0.39, 0.29) is 12.1 Å². The second-order valence-corrected chi connectivity index (χ2v) is 10.4. The van der Waals surface area contributed by atoms with Gasteiger partial charge in [-0.3, -0.25) is 19.5 Å². The summed E-state index contributed by atoms with van der Waals surface area (Å²) in [5.41, 5.74) is 1.13. The zero-order valence-corrected chi connectivity index (χ0v) is 20.1. The first-order chi connectivity index (χ1) is 15.1. The Kier molecular flexibility index (Phi) is 7.20. The van der Waals surface area contributed by atoms with E-state index in [1.54, 1.807) is 13.0 Å². The number of benzene rings is 1. The van der Waals surface area contributed by atoms with E-state index < -0.39 is 22.7 Å². The minimum absolute atomic E-state index is 0.185. The lowest BCUT2D eigenvalue weighted by Gasteiger charge is -2.21. The topological polar surface area (TPSA) is 93.1 Å². The first kappa shape index (κ1) is 23.7. The summed E-state index contributed by atoms with van der Waals surface area (Å²) in [6.07, 6.45) is 1.62. The highest BCUT2D eigenvalue weighted by molar-refractivity contribution is 8.00. The molecule has 0 fully saturated rings. The van der Waals surface area contributed by atoms with E-state index in [1.807, 2.05) is 56.5 Å². The molecular formula is C23H26N4O3S2. The first-order valence-corrected chi connectivity index (χ1v) is 11.8. The highest BCUT2D eigenvalue weighted by Gasteiger charge is 2.23. The van der Waals surface area contributed by atoms with Gasteiger partial charge in [0.15, 0.2) is 5.16 Å². The van der Waals surface area contributed by atoms with Gasteiger partial charge < -0.3 is 5.32 Å². The Bertz CT molecular complexity index is 1210. The molecule has 3 amide bonds. The van der Waals surface area contributed by atoms with Crippen molar-refractivity contribution in [3.63, 3.8) is 0 Å². The fraction of sp³-hybridized carbons (Fsp3) is 0.304. The number of fused-ring (bicyclic) bond motifs is 1. The second-order valence-electron chi connectivity index (χ2n) is 8.25. The van der Waals surface area contributed by atoms with Gasteiger partial charge >= 0.3 is 6.03 Å². The predicted octanol–water partition coefficient (Wildman–Crippen LogP) is 4.42. The van der Waals surface area contributed by atoms with Crippen LogP contribution in [0.2, 0.25) is 0 Å². The molecule has 168 valence electrons. The fourth-order valence-corrected chi connectivity index (χ4v) is 4.92. The van der Waals surface area contributed by atoms with Crippen LogP contribution in [-0.4, -0.2) is 32.3 Å². The molecule has 2 heterocycles. The van der Waals surface area contributed by atoms with Gasteiger partial charge in [-0.1, -0.05) is 48.2 Å². The van der Waals surface area contributed by atoms with E-state index >= 15 is 0 Å². The highest BCUT2D eigenvalue weighted by Crippen LogP contribution is 2.32. The standard InChI is InChI=1S/C23H26N4O3S2/c1-6-12-27-20(29)17-16(15-10-8-7-9-11-15)13-31-19(17)25-22(27)32-14(2)18(28)24-21(30)26-23(3,4)5/h6-11,13-14H,1,12H2,2-5H3,(H2,24,26,28,30). The quantitative estimate of drug-likeness (QED) is 0.316. The monoisotopic (exact) mass is 470 g/mol. The fourth-order valence-electron chi connectivity index (χ4n) is 3.01. The smallest absolute Gasteiger partial charge is 0.321 e. The molecule has 0 aliphatic carbocycles. The van der Waals surface area contributed by atoms with Gasteiger partial charge in [-0.2, -0.15) is 0 Å². The number of carbonyl (C=O) groups excluding carboxylic acids is 2. The average molecular weight is 471 g/mol. The van der Waals surface area contributed by atoms with Gasteiger partial charge in [0.25, 0.3) is 5.56 Å². The number of carbonyl (C=O) groups is 2. The van der Waals surface area contributed by atoms with Crippen LogP contribution in [0.3, 0.4) is 0 Å². The molecule has 0 aliphatic heterocycles. The van der Waals surface area contributed by atoms with E-state index in [2.05, 4.69) is 22.2 Å². The van der Waals surface area contributed by atoms with Crippen molar-refractivity contribution in [1.82, 2.24) is 20.2 Å². The minimum atomic E-state index is -0.644. The number of thioether (sulfide) groups is 1. The Balaban J connectivity index is 1.92. The maximum Gasteiger partial charge on any atom is 0.321 e. The summed E-state index contributed by atoms with van der Waals surface area (Å²) in [5.74, 6) is -0.465. The van der Waals surface area contributed by atoms with Crippen molar-refractivity contribution in [3.05, 3.63) is 58.7 Å². The van der Waals surface area contributed by atoms with Crippen LogP contribution in [0.1, 0.15) is 27.7 Å². The molecule has 3 aromatic rings. The Labute approximate surface area is 194 Å². The number of rotatable bonds is 6. The summed E-state index contributed by atoms with van der Waals surface area (Å²) in [5, 5.41) is 7.27. The van der Waals surface area contributed by atoms with Crippen LogP contribution in [0, 0.1) is 0 Å². The zero-order valence-electron chi connectivity index (χ0n) is 18.5. The van der Waals surface area contributed by atoms with Gasteiger partial charge in [-0.05, 0) is 33.3 Å². The van der Waals surface area contributed by atoms with Crippen molar-refractivity contribution < 1.29 is 9.59 Å². The largest absolute Gasteiger partial charge is 0.333 e. The van der Waals surface area contributed by atoms with Crippen LogP contribution < -0.4 is 16.2 Å². The van der Waals surface area contributed by atoms with Gasteiger partial charge in [0.2, 0.25) is 5.91 Å². The molecule has 2 aromatic heterocycles. The lowest BCUT2D eigenvalue weighted by atomic mass is 10.1. The Morgan fingerprint density at radius 3 is 2.59 bits per heavy atom. The number of nitrogens with one attached hydrogen (secondary N) is 2. The predicted molar refractivity (Wildman–Crippen MR) is 131 cm³/mol. The van der Waals surface area contributed by atoms with Gasteiger partial charge in [0.1, 0.15) is 4.83 Å². The number of allylic oxidation sites excluding steroid dienone is 1. The number of imide groups is 1. The molecule has 7 nitrogen and oxygen atoms in total. The summed E-state index contributed by atoms with van der Waals surface area (Å²) in [6, 6.07) is 9.12. The van der Waals surface area contributed by atoms with Crippen molar-refractivity contribution in [2.24, 2.45) is 0 Å². The van der Waals surface area contributed by atoms with E-state index in [9.17, 15) is 14.4 Å². The van der Waals surface area contributed by atoms with Crippen LogP contribution in [-0.2, 0) is 11.3 Å². The number of hydrogen-bond acceptors (Lipinski definition) is 6. The third kappa shape index (κ3) is 5.46. The maximum absolute atomic E-state index is 13.4. The van der Waals surface area contributed by atoms with Gasteiger partial charge in [0.05, 0.1) is 10.6 Å². The molecule has 0 saturated carbocycles. The summed E-state index contributed by atoms with van der Waals surface area (Å²) in [4.78, 5) is 43.2. The lowest BCUT2D eigenvalue weighted by molar-refractivity contribution is -0.119. The molecule has 3 rings (SSSR count). The summed E-state index contributed by atoms with van der Waals surface area (Å²) in [6.45, 7) is 11.2. The Morgan fingerprint density at radius 2 is 1.97 bits per heavy atom. The molecule has 0 bridgehead atoms. The Morgan fingerprint density at radius 1 is 1.28 bits per heavy atom. The molecule has 9 heteroatoms. The number of urea groups is 1. The van der Waals surface area contributed by atoms with Gasteiger partial charge in [-0.15, -0.1) is 17.9 Å². The van der Waals surface area contributed by atoms with Crippen LogP contribution in [0.4, 0.5) is 4.79 Å². The normalized spacial score (nSPS) is 12.4. The van der Waals surface area contributed by atoms with Crippen molar-refractivity contribution in [1.29, 1.82) is 0 Å². The van der Waals surface area contributed by atoms with Crippen molar-refractivity contribution in [2.45, 2.75) is 50.2 Å². The van der Waals surface area contributed by atoms with Crippen LogP contribution >= 0.6 is 23.1 Å². The van der Waals surface area contributed by atoms with Crippen LogP contribution in [0.15, 0.2) is 58.3 Å².